The van der Waals surface area contributed by atoms with Crippen LogP contribution in [0.5, 0.6) is 5.75 Å². The van der Waals surface area contributed by atoms with Crippen LogP contribution in [0.25, 0.3) is 0 Å². The van der Waals surface area contributed by atoms with Crippen LogP contribution in [0.4, 0.5) is 5.82 Å². The predicted molar refractivity (Wildman–Crippen MR) is 76.2 cm³/mol. The highest BCUT2D eigenvalue weighted by atomic mass is 16.5. The number of ether oxygens (including phenoxy) is 1. The standard InChI is InChI=1S/C15H16N2O3/c18-15(19)12-7-9-17-14(11-12)16-8-4-10-20-13-5-2-1-3-6-13/h1-3,5-7,9,11H,4,8,10H2,(H,16,17)(H,18,19). The van der Waals surface area contributed by atoms with E-state index in [0.717, 1.165) is 12.2 Å². The maximum atomic E-state index is 10.8. The lowest BCUT2D eigenvalue weighted by Crippen LogP contribution is -2.09. The molecule has 1 heterocycles. The Morgan fingerprint density at radius 3 is 2.80 bits per heavy atom. The molecule has 1 aromatic carbocycles. The Labute approximate surface area is 117 Å². The summed E-state index contributed by atoms with van der Waals surface area (Å²) in [5.74, 6) is 0.450. The molecule has 0 fully saturated rings. The molecule has 2 rings (SSSR count). The second-order valence-corrected chi connectivity index (χ2v) is 4.18. The number of nitrogens with zero attached hydrogens (tertiary/aromatic N) is 1. The van der Waals surface area contributed by atoms with Gasteiger partial charge in [0.25, 0.3) is 0 Å². The fraction of sp³-hybridized carbons (Fsp3) is 0.200. The molecule has 1 aromatic heterocycles. The van der Waals surface area contributed by atoms with Crippen LogP contribution in [-0.4, -0.2) is 29.2 Å². The summed E-state index contributed by atoms with van der Waals surface area (Å²) in [5, 5.41) is 11.9. The molecule has 0 unspecified atom stereocenters. The fourth-order valence-electron chi connectivity index (χ4n) is 1.66. The van der Waals surface area contributed by atoms with Crippen LogP contribution in [-0.2, 0) is 0 Å². The molecule has 0 amide bonds. The molecule has 0 aliphatic rings. The van der Waals surface area contributed by atoms with E-state index in [1.165, 1.54) is 18.3 Å². The van der Waals surface area contributed by atoms with Gasteiger partial charge in [-0.3, -0.25) is 0 Å². The Hall–Kier alpha value is -2.56. The Kier molecular flexibility index (Phi) is 4.94. The topological polar surface area (TPSA) is 71.5 Å². The lowest BCUT2D eigenvalue weighted by Gasteiger charge is -2.07. The number of rotatable bonds is 7. The second kappa shape index (κ2) is 7.13. The van der Waals surface area contributed by atoms with Gasteiger partial charge in [0.15, 0.2) is 0 Å². The maximum Gasteiger partial charge on any atom is 0.335 e. The van der Waals surface area contributed by atoms with Crippen molar-refractivity contribution in [3.05, 3.63) is 54.2 Å². The summed E-state index contributed by atoms with van der Waals surface area (Å²) in [4.78, 5) is 14.9. The number of para-hydroxylation sites is 1. The summed E-state index contributed by atoms with van der Waals surface area (Å²) in [6, 6.07) is 12.6. The van der Waals surface area contributed by atoms with E-state index in [1.54, 1.807) is 0 Å². The molecule has 104 valence electrons. The highest BCUT2D eigenvalue weighted by Crippen LogP contribution is 2.09. The molecule has 2 N–H and O–H groups in total. The number of carbonyl (C=O) groups is 1. The Bertz CT molecular complexity index is 558. The van der Waals surface area contributed by atoms with E-state index in [9.17, 15) is 4.79 Å². The van der Waals surface area contributed by atoms with Gasteiger partial charge in [0.1, 0.15) is 11.6 Å². The van der Waals surface area contributed by atoms with Crippen LogP contribution in [0.2, 0.25) is 0 Å². The highest BCUT2D eigenvalue weighted by molar-refractivity contribution is 5.88. The molecular weight excluding hydrogens is 256 g/mol. The van der Waals surface area contributed by atoms with Crippen LogP contribution in [0.1, 0.15) is 16.8 Å². The Morgan fingerprint density at radius 2 is 2.05 bits per heavy atom. The summed E-state index contributed by atoms with van der Waals surface area (Å²) in [7, 11) is 0. The summed E-state index contributed by atoms with van der Waals surface area (Å²) >= 11 is 0. The van der Waals surface area contributed by atoms with Gasteiger partial charge in [0, 0.05) is 12.7 Å². The molecular formula is C15H16N2O3. The maximum absolute atomic E-state index is 10.8. The van der Waals surface area contributed by atoms with Crippen molar-refractivity contribution in [2.24, 2.45) is 0 Å². The van der Waals surface area contributed by atoms with E-state index >= 15 is 0 Å². The van der Waals surface area contributed by atoms with E-state index in [4.69, 9.17) is 9.84 Å². The van der Waals surface area contributed by atoms with E-state index in [0.29, 0.717) is 19.0 Å². The zero-order valence-electron chi connectivity index (χ0n) is 11.0. The highest BCUT2D eigenvalue weighted by Gasteiger charge is 2.03. The first-order chi connectivity index (χ1) is 9.75. The average molecular weight is 272 g/mol. The SMILES string of the molecule is O=C(O)c1ccnc(NCCCOc2ccccc2)c1. The van der Waals surface area contributed by atoms with Gasteiger partial charge in [0.05, 0.1) is 12.2 Å². The normalized spacial score (nSPS) is 10.0. The molecule has 5 nitrogen and oxygen atoms in total. The number of benzene rings is 1. The van der Waals surface area contributed by atoms with Gasteiger partial charge in [-0.2, -0.15) is 0 Å². The van der Waals surface area contributed by atoms with Crippen LogP contribution < -0.4 is 10.1 Å². The molecule has 0 bridgehead atoms. The smallest absolute Gasteiger partial charge is 0.335 e. The van der Waals surface area contributed by atoms with Crippen molar-refractivity contribution in [3.8, 4) is 5.75 Å². The number of carboxylic acid groups (broad SMARTS) is 1. The molecule has 0 saturated carbocycles. The molecule has 0 aliphatic carbocycles. The lowest BCUT2D eigenvalue weighted by molar-refractivity contribution is 0.0697. The first-order valence-electron chi connectivity index (χ1n) is 6.37. The molecule has 0 radical (unpaired) electrons. The molecule has 0 spiro atoms. The number of nitrogens with one attached hydrogen (secondary N) is 1. The number of hydrogen-bond donors (Lipinski definition) is 2. The fourth-order valence-corrected chi connectivity index (χ4v) is 1.66. The van der Waals surface area contributed by atoms with Crippen LogP contribution in [0.3, 0.4) is 0 Å². The van der Waals surface area contributed by atoms with Gasteiger partial charge in [0.2, 0.25) is 0 Å². The van der Waals surface area contributed by atoms with Gasteiger partial charge < -0.3 is 15.2 Å². The first kappa shape index (κ1) is 13.9. The van der Waals surface area contributed by atoms with E-state index in [2.05, 4.69) is 10.3 Å². The third kappa shape index (κ3) is 4.28. The zero-order valence-corrected chi connectivity index (χ0v) is 11.0. The monoisotopic (exact) mass is 272 g/mol. The molecule has 20 heavy (non-hydrogen) atoms. The van der Waals surface area contributed by atoms with Gasteiger partial charge in [-0.25, -0.2) is 9.78 Å². The zero-order chi connectivity index (χ0) is 14.2. The van der Waals surface area contributed by atoms with Crippen molar-refractivity contribution in [1.82, 2.24) is 4.98 Å². The van der Waals surface area contributed by atoms with Crippen molar-refractivity contribution >= 4 is 11.8 Å². The number of aromatic carboxylic acids is 1. The molecule has 2 aromatic rings. The quantitative estimate of drug-likeness (QED) is 0.758. The third-order valence-electron chi connectivity index (χ3n) is 2.65. The number of pyridine rings is 1. The van der Waals surface area contributed by atoms with Crippen LogP contribution >= 0.6 is 0 Å². The van der Waals surface area contributed by atoms with Gasteiger partial charge in [-0.15, -0.1) is 0 Å². The van der Waals surface area contributed by atoms with Gasteiger partial charge in [-0.1, -0.05) is 18.2 Å². The van der Waals surface area contributed by atoms with Crippen LogP contribution in [0.15, 0.2) is 48.7 Å². The number of carboxylic acids is 1. The van der Waals surface area contributed by atoms with Crippen molar-refractivity contribution in [2.45, 2.75) is 6.42 Å². The number of anilines is 1. The van der Waals surface area contributed by atoms with Gasteiger partial charge in [-0.05, 0) is 30.7 Å². The van der Waals surface area contributed by atoms with Crippen molar-refractivity contribution in [3.63, 3.8) is 0 Å². The number of hydrogen-bond acceptors (Lipinski definition) is 4. The minimum absolute atomic E-state index is 0.225. The minimum atomic E-state index is -0.956. The van der Waals surface area contributed by atoms with E-state index < -0.39 is 5.97 Å². The predicted octanol–water partition coefficient (Wildman–Crippen LogP) is 2.66. The molecule has 5 heteroatoms. The summed E-state index contributed by atoms with van der Waals surface area (Å²) in [6.45, 7) is 1.26. The molecule has 0 saturated heterocycles. The lowest BCUT2D eigenvalue weighted by atomic mass is 10.2. The summed E-state index contributed by atoms with van der Waals surface area (Å²) in [6.07, 6.45) is 2.28. The van der Waals surface area contributed by atoms with E-state index in [1.807, 2.05) is 30.3 Å². The van der Waals surface area contributed by atoms with Crippen molar-refractivity contribution in [1.29, 1.82) is 0 Å². The average Bonchev–Trinajstić information content (AvgIpc) is 2.48. The molecule has 0 aliphatic heterocycles. The van der Waals surface area contributed by atoms with E-state index in [-0.39, 0.29) is 5.56 Å². The van der Waals surface area contributed by atoms with Crippen molar-refractivity contribution in [2.75, 3.05) is 18.5 Å². The molecule has 0 atom stereocenters. The number of aromatic nitrogens is 1. The van der Waals surface area contributed by atoms with Crippen LogP contribution in [0, 0.1) is 0 Å². The van der Waals surface area contributed by atoms with Gasteiger partial charge >= 0.3 is 5.97 Å². The Morgan fingerprint density at radius 1 is 1.25 bits per heavy atom. The largest absolute Gasteiger partial charge is 0.494 e. The Balaban J connectivity index is 1.71. The summed E-state index contributed by atoms with van der Waals surface area (Å²) in [5.41, 5.74) is 0.225. The first-order valence-corrected chi connectivity index (χ1v) is 6.37. The minimum Gasteiger partial charge on any atom is -0.494 e. The second-order valence-electron chi connectivity index (χ2n) is 4.18. The third-order valence-corrected chi connectivity index (χ3v) is 2.65. The summed E-state index contributed by atoms with van der Waals surface area (Å²) < 4.78 is 5.55. The van der Waals surface area contributed by atoms with Crippen molar-refractivity contribution < 1.29 is 14.6 Å².